The van der Waals surface area contributed by atoms with Gasteiger partial charge in [0.15, 0.2) is 0 Å². The number of benzene rings is 1. The minimum Gasteiger partial charge on any atom is -0.257 e. The molecule has 18 heavy (non-hydrogen) atoms. The van der Waals surface area contributed by atoms with Gasteiger partial charge in [0.05, 0.1) is 23.5 Å². The molecule has 1 aromatic heterocycles. The van der Waals surface area contributed by atoms with Gasteiger partial charge in [-0.1, -0.05) is 6.07 Å². The lowest BCUT2D eigenvalue weighted by atomic mass is 9.74. The van der Waals surface area contributed by atoms with Gasteiger partial charge in [-0.3, -0.25) is 4.68 Å². The fourth-order valence-corrected chi connectivity index (χ4v) is 3.24. The minimum atomic E-state index is -0.0766. The summed E-state index contributed by atoms with van der Waals surface area (Å²) in [5.74, 6) is 0. The van der Waals surface area contributed by atoms with Crippen LogP contribution in [0.2, 0.25) is 0 Å². The van der Waals surface area contributed by atoms with Gasteiger partial charge in [-0.05, 0) is 59.8 Å². The van der Waals surface area contributed by atoms with E-state index in [0.717, 1.165) is 28.3 Å². The van der Waals surface area contributed by atoms with Crippen LogP contribution in [0.25, 0.3) is 10.9 Å². The van der Waals surface area contributed by atoms with Crippen LogP contribution in [0, 0.1) is 18.3 Å². The maximum atomic E-state index is 9.06. The summed E-state index contributed by atoms with van der Waals surface area (Å²) in [4.78, 5) is 0. The van der Waals surface area contributed by atoms with Crippen molar-refractivity contribution in [1.82, 2.24) is 9.78 Å². The molecule has 3 rings (SSSR count). The highest BCUT2D eigenvalue weighted by Crippen LogP contribution is 2.44. The molecule has 0 spiro atoms. The van der Waals surface area contributed by atoms with E-state index in [2.05, 4.69) is 56.9 Å². The molecule has 0 unspecified atom stereocenters. The molecule has 1 aliphatic carbocycles. The molecule has 0 N–H and O–H groups in total. The lowest BCUT2D eigenvalue weighted by Crippen LogP contribution is -2.41. The van der Waals surface area contributed by atoms with Gasteiger partial charge in [0.1, 0.15) is 4.60 Å². The van der Waals surface area contributed by atoms with E-state index in [4.69, 9.17) is 5.26 Å². The van der Waals surface area contributed by atoms with Crippen LogP contribution in [0.15, 0.2) is 22.8 Å². The SMILES string of the molecule is Cc1ccc2c(Br)nn(C3(CC#N)CCC3)c2c1. The first-order chi connectivity index (χ1) is 8.66. The summed E-state index contributed by atoms with van der Waals surface area (Å²) in [6, 6.07) is 8.67. The van der Waals surface area contributed by atoms with Crippen LogP contribution in [0.5, 0.6) is 0 Å². The van der Waals surface area contributed by atoms with Crippen LogP contribution in [0.3, 0.4) is 0 Å². The Morgan fingerprint density at radius 2 is 2.28 bits per heavy atom. The van der Waals surface area contributed by atoms with Gasteiger partial charge in [-0.2, -0.15) is 10.4 Å². The van der Waals surface area contributed by atoms with E-state index in [9.17, 15) is 0 Å². The van der Waals surface area contributed by atoms with Crippen molar-refractivity contribution in [3.63, 3.8) is 0 Å². The molecule has 92 valence electrons. The highest BCUT2D eigenvalue weighted by atomic mass is 79.9. The Morgan fingerprint density at radius 1 is 1.50 bits per heavy atom. The standard InChI is InChI=1S/C14H14BrN3/c1-10-3-4-11-12(9-10)18(17-13(11)15)14(7-8-16)5-2-6-14/h3-4,9H,2,5-7H2,1H3. The van der Waals surface area contributed by atoms with Crippen molar-refractivity contribution in [3.05, 3.63) is 28.4 Å². The molecule has 0 amide bonds. The Hall–Kier alpha value is -1.34. The second kappa shape index (κ2) is 4.10. The molecule has 0 bridgehead atoms. The first-order valence-corrected chi connectivity index (χ1v) is 6.98. The van der Waals surface area contributed by atoms with E-state index in [1.165, 1.54) is 12.0 Å². The molecule has 0 aliphatic heterocycles. The third kappa shape index (κ3) is 1.58. The number of halogens is 1. The van der Waals surface area contributed by atoms with Crippen LogP contribution >= 0.6 is 15.9 Å². The number of hydrogen-bond donors (Lipinski definition) is 0. The summed E-state index contributed by atoms with van der Waals surface area (Å²) in [7, 11) is 0. The molecule has 1 fully saturated rings. The molecule has 4 heteroatoms. The Kier molecular flexibility index (Phi) is 2.67. The second-order valence-corrected chi connectivity index (χ2v) is 5.89. The number of aryl methyl sites for hydroxylation is 1. The molecular formula is C14H14BrN3. The van der Waals surface area contributed by atoms with Crippen molar-refractivity contribution in [2.24, 2.45) is 0 Å². The Morgan fingerprint density at radius 3 is 2.89 bits per heavy atom. The molecule has 1 aliphatic rings. The summed E-state index contributed by atoms with van der Waals surface area (Å²) in [6.45, 7) is 2.09. The van der Waals surface area contributed by atoms with Crippen molar-refractivity contribution in [3.8, 4) is 6.07 Å². The zero-order valence-corrected chi connectivity index (χ0v) is 11.9. The summed E-state index contributed by atoms with van der Waals surface area (Å²) >= 11 is 3.52. The highest BCUT2D eigenvalue weighted by molar-refractivity contribution is 9.10. The predicted octanol–water partition coefficient (Wildman–Crippen LogP) is 3.90. The van der Waals surface area contributed by atoms with Gasteiger partial charge in [-0.25, -0.2) is 0 Å². The number of nitriles is 1. The van der Waals surface area contributed by atoms with E-state index in [-0.39, 0.29) is 5.54 Å². The van der Waals surface area contributed by atoms with Crippen LogP contribution in [-0.4, -0.2) is 9.78 Å². The quantitative estimate of drug-likeness (QED) is 0.844. The number of fused-ring (bicyclic) bond motifs is 1. The monoisotopic (exact) mass is 303 g/mol. The third-order valence-corrected chi connectivity index (χ3v) is 4.52. The molecule has 3 nitrogen and oxygen atoms in total. The zero-order valence-electron chi connectivity index (χ0n) is 10.3. The molecule has 0 radical (unpaired) electrons. The predicted molar refractivity (Wildman–Crippen MR) is 74.2 cm³/mol. The zero-order chi connectivity index (χ0) is 12.8. The van der Waals surface area contributed by atoms with Crippen LogP contribution in [-0.2, 0) is 5.54 Å². The summed E-state index contributed by atoms with van der Waals surface area (Å²) < 4.78 is 2.95. The van der Waals surface area contributed by atoms with Gasteiger partial charge in [0, 0.05) is 5.39 Å². The van der Waals surface area contributed by atoms with Gasteiger partial charge < -0.3 is 0 Å². The number of nitrogens with zero attached hydrogens (tertiary/aromatic N) is 3. The molecular weight excluding hydrogens is 290 g/mol. The summed E-state index contributed by atoms with van der Waals surface area (Å²) in [5.41, 5.74) is 2.28. The Balaban J connectivity index is 2.23. The van der Waals surface area contributed by atoms with E-state index >= 15 is 0 Å². The molecule has 0 saturated heterocycles. The van der Waals surface area contributed by atoms with E-state index in [1.807, 2.05) is 0 Å². The topological polar surface area (TPSA) is 41.6 Å². The van der Waals surface area contributed by atoms with Crippen LogP contribution in [0.1, 0.15) is 31.2 Å². The lowest BCUT2D eigenvalue weighted by molar-refractivity contribution is 0.136. The molecule has 2 aromatic rings. The smallest absolute Gasteiger partial charge is 0.136 e. The lowest BCUT2D eigenvalue weighted by Gasteiger charge is -2.40. The fraction of sp³-hybridized carbons (Fsp3) is 0.429. The molecule has 1 heterocycles. The van der Waals surface area contributed by atoms with Gasteiger partial charge >= 0.3 is 0 Å². The number of rotatable bonds is 2. The van der Waals surface area contributed by atoms with Crippen LogP contribution < -0.4 is 0 Å². The van der Waals surface area contributed by atoms with E-state index < -0.39 is 0 Å². The average Bonchev–Trinajstić information content (AvgIpc) is 2.61. The number of aromatic nitrogens is 2. The van der Waals surface area contributed by atoms with Gasteiger partial charge in [0.2, 0.25) is 0 Å². The normalized spacial score (nSPS) is 17.4. The maximum absolute atomic E-state index is 9.06. The molecule has 0 atom stereocenters. The first kappa shape index (κ1) is 11.7. The second-order valence-electron chi connectivity index (χ2n) is 5.14. The van der Waals surface area contributed by atoms with E-state index in [1.54, 1.807) is 0 Å². The van der Waals surface area contributed by atoms with Crippen molar-refractivity contribution < 1.29 is 0 Å². The Labute approximate surface area is 115 Å². The molecule has 1 saturated carbocycles. The van der Waals surface area contributed by atoms with Crippen molar-refractivity contribution in [2.45, 2.75) is 38.1 Å². The largest absolute Gasteiger partial charge is 0.257 e. The van der Waals surface area contributed by atoms with E-state index in [0.29, 0.717) is 6.42 Å². The highest BCUT2D eigenvalue weighted by Gasteiger charge is 2.40. The third-order valence-electron chi connectivity index (χ3n) is 3.93. The van der Waals surface area contributed by atoms with Crippen LogP contribution in [0.4, 0.5) is 0 Å². The van der Waals surface area contributed by atoms with Crippen molar-refractivity contribution in [2.75, 3.05) is 0 Å². The maximum Gasteiger partial charge on any atom is 0.136 e. The van der Waals surface area contributed by atoms with Crippen molar-refractivity contribution >= 4 is 26.8 Å². The number of hydrogen-bond acceptors (Lipinski definition) is 2. The average molecular weight is 304 g/mol. The molecule has 1 aromatic carbocycles. The van der Waals surface area contributed by atoms with Gasteiger partial charge in [-0.15, -0.1) is 0 Å². The first-order valence-electron chi connectivity index (χ1n) is 6.19. The van der Waals surface area contributed by atoms with Crippen molar-refractivity contribution in [1.29, 1.82) is 5.26 Å². The Bertz CT molecular complexity index is 647. The summed E-state index contributed by atoms with van der Waals surface area (Å²) in [5, 5.41) is 14.8. The minimum absolute atomic E-state index is 0.0766. The fourth-order valence-electron chi connectivity index (χ4n) is 2.74. The summed E-state index contributed by atoms with van der Waals surface area (Å²) in [6.07, 6.45) is 3.84. The van der Waals surface area contributed by atoms with Gasteiger partial charge in [0.25, 0.3) is 0 Å².